The smallest absolute Gasteiger partial charge is 0.223 e. The molecule has 2 amide bonds. The standard InChI is InChI=1S/C19H30N4O2/c1-2-11-22-18(24)8-9-19(25)23(15-16-6-3-4-13-21-16)17-7-5-12-20-14-10-17/h3-4,6,13,17,20H,2,5,7-12,14-15H2,1H3,(H,22,24). The van der Waals surface area contributed by atoms with Crippen LogP contribution in [0.1, 0.15) is 51.1 Å². The van der Waals surface area contributed by atoms with Crippen molar-refractivity contribution in [3.05, 3.63) is 30.1 Å². The summed E-state index contributed by atoms with van der Waals surface area (Å²) in [5.41, 5.74) is 0.892. The largest absolute Gasteiger partial charge is 0.356 e. The molecule has 1 aromatic heterocycles. The van der Waals surface area contributed by atoms with Crippen molar-refractivity contribution in [1.82, 2.24) is 20.5 Å². The van der Waals surface area contributed by atoms with Crippen molar-refractivity contribution in [2.75, 3.05) is 19.6 Å². The number of nitrogens with zero attached hydrogens (tertiary/aromatic N) is 2. The molecule has 2 heterocycles. The molecular formula is C19H30N4O2. The molecular weight excluding hydrogens is 316 g/mol. The number of hydrogen-bond acceptors (Lipinski definition) is 4. The molecule has 0 aliphatic carbocycles. The maximum absolute atomic E-state index is 12.8. The van der Waals surface area contributed by atoms with Gasteiger partial charge in [0.1, 0.15) is 0 Å². The molecule has 6 heteroatoms. The van der Waals surface area contributed by atoms with E-state index in [-0.39, 0.29) is 30.7 Å². The third kappa shape index (κ3) is 6.82. The Bertz CT molecular complexity index is 527. The van der Waals surface area contributed by atoms with Gasteiger partial charge in [0.15, 0.2) is 0 Å². The van der Waals surface area contributed by atoms with Crippen molar-refractivity contribution in [2.24, 2.45) is 0 Å². The third-order valence-corrected chi connectivity index (χ3v) is 4.50. The number of carbonyl (C=O) groups is 2. The van der Waals surface area contributed by atoms with Gasteiger partial charge in [-0.1, -0.05) is 13.0 Å². The van der Waals surface area contributed by atoms with Gasteiger partial charge in [-0.15, -0.1) is 0 Å². The molecule has 1 saturated heterocycles. The number of hydrogen-bond donors (Lipinski definition) is 2. The van der Waals surface area contributed by atoms with Crippen LogP contribution in [0.2, 0.25) is 0 Å². The van der Waals surface area contributed by atoms with Crippen LogP contribution >= 0.6 is 0 Å². The number of pyridine rings is 1. The molecule has 1 aliphatic heterocycles. The van der Waals surface area contributed by atoms with Crippen molar-refractivity contribution < 1.29 is 9.59 Å². The molecule has 1 fully saturated rings. The Morgan fingerprint density at radius 2 is 2.16 bits per heavy atom. The lowest BCUT2D eigenvalue weighted by Gasteiger charge is -2.31. The Balaban J connectivity index is 1.99. The zero-order valence-electron chi connectivity index (χ0n) is 15.2. The van der Waals surface area contributed by atoms with E-state index in [1.807, 2.05) is 30.0 Å². The monoisotopic (exact) mass is 346 g/mol. The molecule has 0 aromatic carbocycles. The molecule has 1 atom stereocenters. The lowest BCUT2D eigenvalue weighted by atomic mass is 10.1. The second-order valence-electron chi connectivity index (χ2n) is 6.53. The fourth-order valence-corrected chi connectivity index (χ4v) is 3.12. The topological polar surface area (TPSA) is 74.3 Å². The summed E-state index contributed by atoms with van der Waals surface area (Å²) in [6.07, 6.45) is 6.17. The van der Waals surface area contributed by atoms with Crippen LogP contribution in [-0.4, -0.2) is 47.4 Å². The predicted octanol–water partition coefficient (Wildman–Crippen LogP) is 1.86. The van der Waals surface area contributed by atoms with E-state index in [2.05, 4.69) is 15.6 Å². The average Bonchev–Trinajstić information content (AvgIpc) is 2.92. The molecule has 0 spiro atoms. The molecule has 1 unspecified atom stereocenters. The quantitative estimate of drug-likeness (QED) is 0.753. The number of rotatable bonds is 8. The van der Waals surface area contributed by atoms with Gasteiger partial charge in [0, 0.05) is 31.6 Å². The van der Waals surface area contributed by atoms with Crippen molar-refractivity contribution >= 4 is 11.8 Å². The van der Waals surface area contributed by atoms with E-state index in [0.29, 0.717) is 13.1 Å². The second kappa shape index (κ2) is 10.8. The predicted molar refractivity (Wildman–Crippen MR) is 97.8 cm³/mol. The molecule has 2 rings (SSSR count). The molecule has 0 saturated carbocycles. The van der Waals surface area contributed by atoms with Crippen LogP contribution in [0.15, 0.2) is 24.4 Å². The van der Waals surface area contributed by atoms with Crippen LogP contribution in [-0.2, 0) is 16.1 Å². The van der Waals surface area contributed by atoms with Crippen LogP contribution < -0.4 is 10.6 Å². The summed E-state index contributed by atoms with van der Waals surface area (Å²) in [4.78, 5) is 30.9. The van der Waals surface area contributed by atoms with Gasteiger partial charge in [0.2, 0.25) is 11.8 Å². The highest BCUT2D eigenvalue weighted by Crippen LogP contribution is 2.18. The SMILES string of the molecule is CCCNC(=O)CCC(=O)N(Cc1ccccn1)C1CCCNCC1. The number of aromatic nitrogens is 1. The minimum Gasteiger partial charge on any atom is -0.356 e. The lowest BCUT2D eigenvalue weighted by molar-refractivity contribution is -0.136. The molecule has 1 aliphatic rings. The average molecular weight is 346 g/mol. The van der Waals surface area contributed by atoms with E-state index >= 15 is 0 Å². The molecule has 138 valence electrons. The fourth-order valence-electron chi connectivity index (χ4n) is 3.12. The van der Waals surface area contributed by atoms with Crippen LogP contribution in [0.25, 0.3) is 0 Å². The van der Waals surface area contributed by atoms with Crippen LogP contribution in [0.4, 0.5) is 0 Å². The van der Waals surface area contributed by atoms with E-state index in [1.54, 1.807) is 6.20 Å². The number of carbonyl (C=O) groups excluding carboxylic acids is 2. The van der Waals surface area contributed by atoms with Crippen molar-refractivity contribution in [3.63, 3.8) is 0 Å². The first-order valence-electron chi connectivity index (χ1n) is 9.37. The van der Waals surface area contributed by atoms with Crippen molar-refractivity contribution in [1.29, 1.82) is 0 Å². The first kappa shape index (κ1) is 19.4. The van der Waals surface area contributed by atoms with Crippen LogP contribution in [0.3, 0.4) is 0 Å². The van der Waals surface area contributed by atoms with Crippen molar-refractivity contribution in [3.8, 4) is 0 Å². The summed E-state index contributed by atoms with van der Waals surface area (Å²) < 4.78 is 0. The molecule has 6 nitrogen and oxygen atoms in total. The highest BCUT2D eigenvalue weighted by atomic mass is 16.2. The van der Waals surface area contributed by atoms with E-state index < -0.39 is 0 Å². The highest BCUT2D eigenvalue weighted by Gasteiger charge is 2.25. The molecule has 0 radical (unpaired) electrons. The zero-order valence-corrected chi connectivity index (χ0v) is 15.2. The third-order valence-electron chi connectivity index (χ3n) is 4.50. The number of nitrogens with one attached hydrogen (secondary N) is 2. The Morgan fingerprint density at radius 3 is 2.92 bits per heavy atom. The van der Waals surface area contributed by atoms with Gasteiger partial charge in [-0.05, 0) is 50.9 Å². The molecule has 25 heavy (non-hydrogen) atoms. The Labute approximate surface area is 150 Å². The second-order valence-corrected chi connectivity index (χ2v) is 6.53. The molecule has 2 N–H and O–H groups in total. The first-order valence-corrected chi connectivity index (χ1v) is 9.37. The minimum absolute atomic E-state index is 0.0456. The minimum atomic E-state index is -0.0458. The van der Waals surface area contributed by atoms with Gasteiger partial charge in [-0.3, -0.25) is 14.6 Å². The maximum atomic E-state index is 12.8. The highest BCUT2D eigenvalue weighted by molar-refractivity contribution is 5.83. The fraction of sp³-hybridized carbons (Fsp3) is 0.632. The van der Waals surface area contributed by atoms with Crippen LogP contribution in [0.5, 0.6) is 0 Å². The van der Waals surface area contributed by atoms with E-state index in [1.165, 1.54) is 0 Å². The normalized spacial score (nSPS) is 17.6. The maximum Gasteiger partial charge on any atom is 0.223 e. The van der Waals surface area contributed by atoms with Gasteiger partial charge in [0.05, 0.1) is 12.2 Å². The van der Waals surface area contributed by atoms with E-state index in [0.717, 1.165) is 44.5 Å². The Kier molecular flexibility index (Phi) is 8.39. The number of amides is 2. The summed E-state index contributed by atoms with van der Waals surface area (Å²) in [5.74, 6) is -0.000259. The van der Waals surface area contributed by atoms with Gasteiger partial charge >= 0.3 is 0 Å². The van der Waals surface area contributed by atoms with Gasteiger partial charge < -0.3 is 15.5 Å². The zero-order chi connectivity index (χ0) is 17.9. The van der Waals surface area contributed by atoms with Gasteiger partial charge in [-0.25, -0.2) is 0 Å². The lowest BCUT2D eigenvalue weighted by Crippen LogP contribution is -2.41. The Hall–Kier alpha value is -1.95. The summed E-state index contributed by atoms with van der Waals surface area (Å²) in [5, 5.41) is 6.22. The summed E-state index contributed by atoms with van der Waals surface area (Å²) in [6, 6.07) is 5.98. The first-order chi connectivity index (χ1) is 12.2. The molecule has 0 bridgehead atoms. The summed E-state index contributed by atoms with van der Waals surface area (Å²) in [7, 11) is 0. The van der Waals surface area contributed by atoms with Gasteiger partial charge in [0.25, 0.3) is 0 Å². The Morgan fingerprint density at radius 1 is 1.28 bits per heavy atom. The van der Waals surface area contributed by atoms with Gasteiger partial charge in [-0.2, -0.15) is 0 Å². The van der Waals surface area contributed by atoms with E-state index in [4.69, 9.17) is 0 Å². The van der Waals surface area contributed by atoms with Crippen LogP contribution in [0, 0.1) is 0 Å². The van der Waals surface area contributed by atoms with Crippen molar-refractivity contribution in [2.45, 2.75) is 58.0 Å². The summed E-state index contributed by atoms with van der Waals surface area (Å²) >= 11 is 0. The molecule has 1 aromatic rings. The van der Waals surface area contributed by atoms with E-state index in [9.17, 15) is 9.59 Å². The summed E-state index contributed by atoms with van der Waals surface area (Å²) in [6.45, 7) is 5.12.